The van der Waals surface area contributed by atoms with E-state index in [1.165, 1.54) is 263 Å². The molecule has 0 atom stereocenters. The first-order valence-corrected chi connectivity index (χ1v) is 32.5. The van der Waals surface area contributed by atoms with E-state index in [0.717, 1.165) is 22.3 Å². The Labute approximate surface area is 476 Å². The van der Waals surface area contributed by atoms with Crippen molar-refractivity contribution >= 4 is 5.78 Å². The molecule has 1 spiro atoms. The minimum atomic E-state index is -0.529. The molecule has 5 aliphatic rings. The van der Waals surface area contributed by atoms with Gasteiger partial charge in [0, 0.05) is 22.0 Å². The minimum absolute atomic E-state index is 0.0466. The SMILES string of the molecule is CCCCCCCCC1(CCCCCCCC)c2ccccc2-c2cc3c(cc21)-c1cc2c(cc1C3=O)-c1cc3c(cc1C21c2ccccc2-c2ccccc21)-c1ccccc1C3(CCCCCCCC)CCCCCCCC. The third-order valence-corrected chi connectivity index (χ3v) is 20.6. The predicted molar refractivity (Wildman–Crippen MR) is 336 cm³/mol. The quantitative estimate of drug-likeness (QED) is 0.0447. The van der Waals surface area contributed by atoms with Crippen LogP contribution in [-0.4, -0.2) is 5.78 Å². The summed E-state index contributed by atoms with van der Waals surface area (Å²) in [7, 11) is 0. The summed E-state index contributed by atoms with van der Waals surface area (Å²) in [6.45, 7) is 9.31. The third-order valence-electron chi connectivity index (χ3n) is 20.6. The van der Waals surface area contributed by atoms with Gasteiger partial charge in [-0.2, -0.15) is 0 Å². The van der Waals surface area contributed by atoms with Crippen molar-refractivity contribution in [3.8, 4) is 55.6 Å². The maximum Gasteiger partial charge on any atom is 0.194 e. The fraction of sp³-hybridized carbons (Fsp3) is 0.449. The molecule has 0 fully saturated rings. The highest BCUT2D eigenvalue weighted by molar-refractivity contribution is 6.23. The first kappa shape index (κ1) is 53.8. The average Bonchev–Trinajstić information content (AvgIpc) is 3.17. The number of benzene rings is 7. The number of carbonyl (C=O) groups is 1. The summed E-state index contributed by atoms with van der Waals surface area (Å²) in [5.41, 5.74) is 25.8. The van der Waals surface area contributed by atoms with E-state index in [1.807, 2.05) is 0 Å². The van der Waals surface area contributed by atoms with Crippen LogP contribution in [0, 0.1) is 0 Å². The van der Waals surface area contributed by atoms with E-state index in [-0.39, 0.29) is 16.6 Å². The first-order chi connectivity index (χ1) is 39.0. The van der Waals surface area contributed by atoms with Crippen LogP contribution < -0.4 is 0 Å². The van der Waals surface area contributed by atoms with Crippen LogP contribution in [-0.2, 0) is 16.2 Å². The fourth-order valence-electron chi connectivity index (χ4n) is 16.7. The molecule has 0 radical (unpaired) electrons. The summed E-state index contributed by atoms with van der Waals surface area (Å²) in [5, 5.41) is 0. The number of unbranched alkanes of at least 4 members (excludes halogenated alkanes) is 20. The second-order valence-electron chi connectivity index (χ2n) is 25.3. The molecule has 12 rings (SSSR count). The second-order valence-corrected chi connectivity index (χ2v) is 25.3. The van der Waals surface area contributed by atoms with E-state index in [4.69, 9.17) is 0 Å². The molecule has 0 aliphatic heterocycles. The number of hydrogen-bond donors (Lipinski definition) is 0. The van der Waals surface area contributed by atoms with Gasteiger partial charge >= 0.3 is 0 Å². The zero-order valence-electron chi connectivity index (χ0n) is 48.9. The van der Waals surface area contributed by atoms with Crippen molar-refractivity contribution in [1.82, 2.24) is 0 Å². The molecule has 0 unspecified atom stereocenters. The summed E-state index contributed by atoms with van der Waals surface area (Å²) >= 11 is 0. The zero-order valence-corrected chi connectivity index (χ0v) is 48.9. The molecule has 0 bridgehead atoms. The van der Waals surface area contributed by atoms with Gasteiger partial charge in [-0.05, 0) is 162 Å². The van der Waals surface area contributed by atoms with Gasteiger partial charge in [0.25, 0.3) is 0 Å². The van der Waals surface area contributed by atoms with Gasteiger partial charge in [-0.3, -0.25) is 4.79 Å². The molecule has 1 heteroatoms. The molecule has 0 aromatic heterocycles. The Balaban J connectivity index is 1.03. The monoisotopic (exact) mass is 1040 g/mol. The Morgan fingerprint density at radius 3 is 0.899 bits per heavy atom. The van der Waals surface area contributed by atoms with Gasteiger partial charge in [0.15, 0.2) is 5.78 Å². The molecule has 0 saturated heterocycles. The van der Waals surface area contributed by atoms with Gasteiger partial charge < -0.3 is 0 Å². The van der Waals surface area contributed by atoms with Crippen molar-refractivity contribution in [2.75, 3.05) is 0 Å². The highest BCUT2D eigenvalue weighted by Gasteiger charge is 2.55. The molecule has 7 aromatic rings. The maximum absolute atomic E-state index is 15.6. The van der Waals surface area contributed by atoms with Crippen molar-refractivity contribution in [3.05, 3.63) is 189 Å². The Morgan fingerprint density at radius 2 is 0.506 bits per heavy atom. The summed E-state index contributed by atoms with van der Waals surface area (Å²) < 4.78 is 0. The maximum atomic E-state index is 15.6. The van der Waals surface area contributed by atoms with Crippen LogP contribution in [0.1, 0.15) is 268 Å². The number of carbonyl (C=O) groups excluding carboxylic acids is 1. The van der Waals surface area contributed by atoms with Crippen LogP contribution in [0.5, 0.6) is 0 Å². The standard InChI is InChI=1S/C78H90O/c1-5-9-13-17-21-33-45-76(46-34-22-18-14-10-6-2)67-41-29-25-39-57(67)61-49-65-59(51-71(61)76)60-52-73-62(50-66(60)75(65)79)64-53-72-63(54-74(64)78(73)69-43-31-27-37-55(69)56-38-28-32-44-70(56)78)58-40-26-30-42-68(58)77(72,47-35-23-19-15-11-7-3)48-36-24-20-16-12-8-4/h25-32,37-44,49-54H,5-24,33-36,45-48H2,1-4H3. The van der Waals surface area contributed by atoms with E-state index >= 15 is 4.79 Å². The molecule has 5 aliphatic carbocycles. The van der Waals surface area contributed by atoms with Gasteiger partial charge in [-0.25, -0.2) is 0 Å². The number of fused-ring (bicyclic) bond motifs is 19. The molecule has 7 aromatic carbocycles. The smallest absolute Gasteiger partial charge is 0.194 e. The van der Waals surface area contributed by atoms with Crippen molar-refractivity contribution in [2.45, 2.75) is 224 Å². The van der Waals surface area contributed by atoms with Gasteiger partial charge in [0.2, 0.25) is 0 Å². The molecule has 79 heavy (non-hydrogen) atoms. The van der Waals surface area contributed by atoms with Gasteiger partial charge in [-0.15, -0.1) is 0 Å². The van der Waals surface area contributed by atoms with Crippen LogP contribution in [0.2, 0.25) is 0 Å². The van der Waals surface area contributed by atoms with E-state index < -0.39 is 5.41 Å². The lowest BCUT2D eigenvalue weighted by atomic mass is 9.68. The van der Waals surface area contributed by atoms with E-state index in [9.17, 15) is 0 Å². The van der Waals surface area contributed by atoms with Crippen LogP contribution in [0.25, 0.3) is 55.6 Å². The second kappa shape index (κ2) is 23.4. The molecular weight excluding hydrogens is 953 g/mol. The highest BCUT2D eigenvalue weighted by atomic mass is 16.1. The van der Waals surface area contributed by atoms with Gasteiger partial charge in [0.1, 0.15) is 0 Å². The van der Waals surface area contributed by atoms with Gasteiger partial charge in [-0.1, -0.05) is 279 Å². The minimum Gasteiger partial charge on any atom is -0.289 e. The van der Waals surface area contributed by atoms with Gasteiger partial charge in [0.05, 0.1) is 5.41 Å². The molecule has 408 valence electrons. The Kier molecular flexibility index (Phi) is 15.9. The Hall–Kier alpha value is -5.79. The highest BCUT2D eigenvalue weighted by Crippen LogP contribution is 2.67. The number of rotatable bonds is 28. The Morgan fingerprint density at radius 1 is 0.241 bits per heavy atom. The summed E-state index contributed by atoms with van der Waals surface area (Å²) in [6, 6.07) is 52.9. The van der Waals surface area contributed by atoms with E-state index in [2.05, 4.69) is 161 Å². The third kappa shape index (κ3) is 9.06. The Bertz CT molecular complexity index is 3260. The molecular formula is C78H90O. The molecule has 1 nitrogen and oxygen atoms in total. The largest absolute Gasteiger partial charge is 0.289 e. The average molecular weight is 1040 g/mol. The lowest BCUT2D eigenvalue weighted by Crippen LogP contribution is -2.27. The predicted octanol–water partition coefficient (Wildman–Crippen LogP) is 22.8. The number of hydrogen-bond acceptors (Lipinski definition) is 1. The molecule has 0 heterocycles. The van der Waals surface area contributed by atoms with Crippen molar-refractivity contribution < 1.29 is 4.79 Å². The van der Waals surface area contributed by atoms with Crippen molar-refractivity contribution in [3.63, 3.8) is 0 Å². The number of ketones is 1. The van der Waals surface area contributed by atoms with Crippen molar-refractivity contribution in [2.24, 2.45) is 0 Å². The fourth-order valence-corrected chi connectivity index (χ4v) is 16.7. The van der Waals surface area contributed by atoms with Crippen LogP contribution in [0.4, 0.5) is 0 Å². The van der Waals surface area contributed by atoms with Crippen LogP contribution in [0.3, 0.4) is 0 Å². The molecule has 0 amide bonds. The lowest BCUT2D eigenvalue weighted by molar-refractivity contribution is 0.104. The summed E-state index contributed by atoms with van der Waals surface area (Å²) in [6.07, 6.45) is 35.9. The van der Waals surface area contributed by atoms with E-state index in [0.29, 0.717) is 0 Å². The van der Waals surface area contributed by atoms with Crippen LogP contribution in [0.15, 0.2) is 133 Å². The summed E-state index contributed by atoms with van der Waals surface area (Å²) in [5.74, 6) is 0.196. The zero-order chi connectivity index (χ0) is 54.0. The molecule has 0 N–H and O–H groups in total. The van der Waals surface area contributed by atoms with Crippen molar-refractivity contribution in [1.29, 1.82) is 0 Å². The topological polar surface area (TPSA) is 17.1 Å². The normalized spacial score (nSPS) is 15.3. The molecule has 0 saturated carbocycles. The summed E-state index contributed by atoms with van der Waals surface area (Å²) in [4.78, 5) is 15.6. The lowest BCUT2D eigenvalue weighted by Gasteiger charge is -2.34. The first-order valence-electron chi connectivity index (χ1n) is 32.5. The van der Waals surface area contributed by atoms with E-state index in [1.54, 1.807) is 5.56 Å². The van der Waals surface area contributed by atoms with Crippen LogP contribution >= 0.6 is 0 Å².